The monoisotopic (exact) mass is 469 g/mol. The van der Waals surface area contributed by atoms with Gasteiger partial charge in [0.2, 0.25) is 11.7 Å². The van der Waals surface area contributed by atoms with Crippen molar-refractivity contribution in [1.82, 2.24) is 30.1 Å². The number of ketones is 1. The lowest BCUT2D eigenvalue weighted by molar-refractivity contribution is -0.147. The molecule has 0 bridgehead atoms. The van der Waals surface area contributed by atoms with Crippen LogP contribution in [0.15, 0.2) is 41.2 Å². The van der Waals surface area contributed by atoms with Gasteiger partial charge in [-0.15, -0.1) is 5.10 Å². The first-order valence-electron chi connectivity index (χ1n) is 11.8. The molecule has 1 saturated carbocycles. The summed E-state index contributed by atoms with van der Waals surface area (Å²) in [6.07, 6.45) is 9.57. The molecule has 0 radical (unpaired) electrons. The van der Waals surface area contributed by atoms with E-state index >= 15 is 0 Å². The molecular formula is C23H28FN7O3. The molecular weight excluding hydrogens is 441 g/mol. The molecule has 1 saturated heterocycles. The number of nitrogens with zero attached hydrogens (tertiary/aromatic N) is 6. The second-order valence-electron chi connectivity index (χ2n) is 9.49. The van der Waals surface area contributed by atoms with E-state index in [0.29, 0.717) is 24.8 Å². The number of nitrogens with one attached hydrogen (secondary N) is 1. The molecule has 11 heteroatoms. The Balaban J connectivity index is 1.21. The number of hydrogen-bond donors (Lipinski definition) is 1. The lowest BCUT2D eigenvalue weighted by Gasteiger charge is -2.37. The topological polar surface area (TPSA) is 113 Å². The summed E-state index contributed by atoms with van der Waals surface area (Å²) in [7, 11) is 0. The zero-order valence-corrected chi connectivity index (χ0v) is 19.1. The highest BCUT2D eigenvalue weighted by atomic mass is 19.1. The summed E-state index contributed by atoms with van der Waals surface area (Å²) in [6.45, 7) is 3.57. The lowest BCUT2D eigenvalue weighted by atomic mass is 9.81. The van der Waals surface area contributed by atoms with Crippen molar-refractivity contribution in [2.24, 2.45) is 22.7 Å². The Bertz CT molecular complexity index is 1070. The predicted octanol–water partition coefficient (Wildman–Crippen LogP) is 0.887. The van der Waals surface area contributed by atoms with Gasteiger partial charge in [-0.25, -0.2) is 14.1 Å². The zero-order chi connectivity index (χ0) is 23.8. The molecule has 180 valence electrons. The van der Waals surface area contributed by atoms with Gasteiger partial charge in [-0.3, -0.25) is 14.4 Å². The van der Waals surface area contributed by atoms with Crippen LogP contribution >= 0.6 is 0 Å². The minimum atomic E-state index is -0.954. The molecule has 0 aromatic carbocycles. The second-order valence-corrected chi connectivity index (χ2v) is 9.49. The Kier molecular flexibility index (Phi) is 6.01. The fourth-order valence-corrected chi connectivity index (χ4v) is 5.42. The number of rotatable bonds is 3. The molecule has 4 unspecified atom stereocenters. The van der Waals surface area contributed by atoms with Crippen LogP contribution in [0.1, 0.15) is 32.6 Å². The number of carbonyl (C=O) groups excluding carboxylic acids is 3. The van der Waals surface area contributed by atoms with Crippen LogP contribution in [-0.4, -0.2) is 80.4 Å². The maximum atomic E-state index is 14.7. The number of fused-ring (bicyclic) bond motifs is 1. The minimum Gasteiger partial charge on any atom is -0.380 e. The van der Waals surface area contributed by atoms with E-state index in [-0.39, 0.29) is 30.5 Å². The molecule has 2 amide bonds. The zero-order valence-electron chi connectivity index (χ0n) is 19.1. The summed E-state index contributed by atoms with van der Waals surface area (Å²) in [6, 6.07) is -0.661. The van der Waals surface area contributed by atoms with Crippen LogP contribution in [0, 0.1) is 17.8 Å². The van der Waals surface area contributed by atoms with Crippen molar-refractivity contribution in [3.8, 4) is 0 Å². The van der Waals surface area contributed by atoms with E-state index in [9.17, 15) is 18.8 Å². The number of hydrogen-bond acceptors (Lipinski definition) is 7. The summed E-state index contributed by atoms with van der Waals surface area (Å²) >= 11 is 0. The molecule has 4 heterocycles. The third-order valence-corrected chi connectivity index (χ3v) is 7.26. The highest BCUT2D eigenvalue weighted by Gasteiger charge is 2.45. The van der Waals surface area contributed by atoms with E-state index in [1.807, 2.05) is 4.90 Å². The van der Waals surface area contributed by atoms with Crippen LogP contribution in [0.5, 0.6) is 0 Å². The molecule has 5 rings (SSSR count). The Morgan fingerprint density at radius 3 is 2.59 bits per heavy atom. The van der Waals surface area contributed by atoms with Crippen molar-refractivity contribution in [1.29, 1.82) is 0 Å². The van der Waals surface area contributed by atoms with Gasteiger partial charge in [0.15, 0.2) is 5.84 Å². The van der Waals surface area contributed by atoms with Gasteiger partial charge in [0.1, 0.15) is 5.83 Å². The fraction of sp³-hybridized carbons (Fsp3) is 0.565. The summed E-state index contributed by atoms with van der Waals surface area (Å²) in [5, 5.41) is 10.6. The van der Waals surface area contributed by atoms with E-state index in [1.54, 1.807) is 6.20 Å². The molecule has 1 aromatic rings. The molecule has 1 aromatic heterocycles. The molecule has 3 aliphatic heterocycles. The first-order valence-corrected chi connectivity index (χ1v) is 11.8. The van der Waals surface area contributed by atoms with Crippen LogP contribution in [0.25, 0.3) is 0 Å². The maximum Gasteiger partial charge on any atom is 0.294 e. The third kappa shape index (κ3) is 4.03. The average Bonchev–Trinajstić information content (AvgIpc) is 3.54. The van der Waals surface area contributed by atoms with Gasteiger partial charge >= 0.3 is 0 Å². The minimum absolute atomic E-state index is 0.0567. The predicted molar refractivity (Wildman–Crippen MR) is 120 cm³/mol. The Morgan fingerprint density at radius 2 is 1.88 bits per heavy atom. The van der Waals surface area contributed by atoms with Crippen molar-refractivity contribution >= 4 is 23.4 Å². The van der Waals surface area contributed by atoms with Crippen LogP contribution in [-0.2, 0) is 14.4 Å². The van der Waals surface area contributed by atoms with Crippen LogP contribution in [0.4, 0.5) is 4.39 Å². The summed E-state index contributed by atoms with van der Waals surface area (Å²) in [4.78, 5) is 46.4. The van der Waals surface area contributed by atoms with E-state index in [0.717, 1.165) is 25.5 Å². The Hall–Kier alpha value is -3.37. The van der Waals surface area contributed by atoms with Gasteiger partial charge in [0.05, 0.1) is 30.6 Å². The number of halogens is 1. The number of aliphatic imine (C=N–C) groups is 1. The van der Waals surface area contributed by atoms with Gasteiger partial charge in [-0.1, -0.05) is 25.0 Å². The Morgan fingerprint density at radius 1 is 1.12 bits per heavy atom. The molecule has 1 aliphatic carbocycles. The number of aromatic nitrogens is 3. The van der Waals surface area contributed by atoms with Crippen molar-refractivity contribution in [3.63, 3.8) is 0 Å². The lowest BCUT2D eigenvalue weighted by Crippen LogP contribution is -2.54. The van der Waals surface area contributed by atoms with Crippen molar-refractivity contribution in [2.45, 2.75) is 38.6 Å². The SMILES string of the molecule is CC1CCCC(C(=O)N2CCN(C(=O)C(=O)C3=CNC4C(n5ccnn5)=NC=C(F)C34)CC2)C1. The fourth-order valence-electron chi connectivity index (χ4n) is 5.42. The molecule has 1 N–H and O–H groups in total. The quantitative estimate of drug-likeness (QED) is 0.658. The smallest absolute Gasteiger partial charge is 0.294 e. The number of carbonyl (C=O) groups is 3. The van der Waals surface area contributed by atoms with Gasteiger partial charge in [-0.2, -0.15) is 0 Å². The molecule has 10 nitrogen and oxygen atoms in total. The molecule has 4 atom stereocenters. The van der Waals surface area contributed by atoms with E-state index < -0.39 is 29.5 Å². The average molecular weight is 470 g/mol. The number of amides is 2. The van der Waals surface area contributed by atoms with E-state index in [4.69, 9.17) is 0 Å². The van der Waals surface area contributed by atoms with E-state index in [2.05, 4.69) is 27.5 Å². The molecule has 0 spiro atoms. The summed E-state index contributed by atoms with van der Waals surface area (Å²) < 4.78 is 16.1. The highest BCUT2D eigenvalue weighted by molar-refractivity contribution is 6.43. The van der Waals surface area contributed by atoms with E-state index in [1.165, 1.54) is 28.4 Å². The van der Waals surface area contributed by atoms with Crippen molar-refractivity contribution in [2.75, 3.05) is 26.2 Å². The van der Waals surface area contributed by atoms with Crippen molar-refractivity contribution in [3.05, 3.63) is 36.2 Å². The number of piperazine rings is 1. The standard InChI is InChI=1S/C23H28FN7O3/c1-14-3-2-4-15(11-14)22(33)29-7-9-30(10-8-29)23(34)20(32)16-12-25-19-18(16)17(24)13-26-21(19)31-6-5-27-28-31/h5-6,12-15,18-19,25H,2-4,7-11H2,1H3. The van der Waals surface area contributed by atoms with Gasteiger partial charge in [0.25, 0.3) is 5.91 Å². The Labute approximate surface area is 196 Å². The summed E-state index contributed by atoms with van der Waals surface area (Å²) in [5.41, 5.74) is 0.0611. The van der Waals surface area contributed by atoms with Gasteiger partial charge < -0.3 is 15.1 Å². The molecule has 4 aliphatic rings. The second kappa shape index (κ2) is 9.11. The van der Waals surface area contributed by atoms with Gasteiger partial charge in [0, 0.05) is 43.9 Å². The number of Topliss-reactive ketones (excluding diaryl/α,β-unsaturated/α-hetero) is 1. The van der Waals surface area contributed by atoms with Gasteiger partial charge in [-0.05, 0) is 18.8 Å². The maximum absolute atomic E-state index is 14.7. The highest BCUT2D eigenvalue weighted by Crippen LogP contribution is 2.34. The van der Waals surface area contributed by atoms with Crippen LogP contribution in [0.3, 0.4) is 0 Å². The first kappa shape index (κ1) is 22.4. The summed E-state index contributed by atoms with van der Waals surface area (Å²) in [5.74, 6) is -1.81. The third-order valence-electron chi connectivity index (χ3n) is 7.26. The van der Waals surface area contributed by atoms with Crippen LogP contribution in [0.2, 0.25) is 0 Å². The normalized spacial score (nSPS) is 28.9. The molecule has 2 fully saturated rings. The molecule has 34 heavy (non-hydrogen) atoms. The van der Waals surface area contributed by atoms with Crippen molar-refractivity contribution < 1.29 is 18.8 Å². The largest absolute Gasteiger partial charge is 0.380 e. The van der Waals surface area contributed by atoms with Crippen LogP contribution < -0.4 is 5.32 Å². The first-order chi connectivity index (χ1) is 16.4.